The third-order valence-electron chi connectivity index (χ3n) is 4.85. The van der Waals surface area contributed by atoms with E-state index in [-0.39, 0.29) is 23.4 Å². The molecule has 7 heteroatoms. The van der Waals surface area contributed by atoms with Gasteiger partial charge in [0.25, 0.3) is 11.1 Å². The summed E-state index contributed by atoms with van der Waals surface area (Å²) in [6.07, 6.45) is 1.79. The Morgan fingerprint density at radius 2 is 1.63 bits per heavy atom. The molecule has 1 amide bonds. The SMILES string of the molecule is Cn1nc(CC(=O)Nc2ccc(Cn3ccccc3=O)cc2)c2ccccc2c1=O. The highest BCUT2D eigenvalue weighted by Gasteiger charge is 2.12. The van der Waals surface area contributed by atoms with E-state index in [1.165, 1.54) is 10.7 Å². The summed E-state index contributed by atoms with van der Waals surface area (Å²) < 4.78 is 2.87. The van der Waals surface area contributed by atoms with E-state index in [2.05, 4.69) is 10.4 Å². The van der Waals surface area contributed by atoms with Gasteiger partial charge in [-0.05, 0) is 29.8 Å². The van der Waals surface area contributed by atoms with Crippen LogP contribution in [0.25, 0.3) is 10.8 Å². The van der Waals surface area contributed by atoms with E-state index in [0.29, 0.717) is 28.7 Å². The molecule has 30 heavy (non-hydrogen) atoms. The lowest BCUT2D eigenvalue weighted by atomic mass is 10.1. The quantitative estimate of drug-likeness (QED) is 0.557. The minimum Gasteiger partial charge on any atom is -0.326 e. The second-order valence-corrected chi connectivity index (χ2v) is 7.01. The van der Waals surface area contributed by atoms with Crippen LogP contribution >= 0.6 is 0 Å². The standard InChI is InChI=1S/C23H20N4O3/c1-26-23(30)19-7-3-2-6-18(19)20(25-26)14-21(28)24-17-11-9-16(10-12-17)15-27-13-5-4-8-22(27)29/h2-13H,14-15H2,1H3,(H,24,28). The molecule has 2 heterocycles. The maximum atomic E-state index is 12.6. The number of carbonyl (C=O) groups excluding carboxylic acids is 1. The topological polar surface area (TPSA) is 86.0 Å². The molecule has 0 spiro atoms. The largest absolute Gasteiger partial charge is 0.326 e. The number of anilines is 1. The van der Waals surface area contributed by atoms with Crippen molar-refractivity contribution in [2.24, 2.45) is 7.05 Å². The zero-order chi connectivity index (χ0) is 21.1. The summed E-state index contributed by atoms with van der Waals surface area (Å²) in [6.45, 7) is 0.460. The molecule has 150 valence electrons. The molecule has 0 saturated heterocycles. The molecule has 0 bridgehead atoms. The first kappa shape index (κ1) is 19.3. The lowest BCUT2D eigenvalue weighted by Crippen LogP contribution is -2.24. The van der Waals surface area contributed by atoms with Gasteiger partial charge in [-0.3, -0.25) is 14.4 Å². The first-order valence-corrected chi connectivity index (χ1v) is 9.50. The number of aryl methyl sites for hydroxylation is 1. The van der Waals surface area contributed by atoms with Crippen molar-refractivity contribution in [1.82, 2.24) is 14.3 Å². The van der Waals surface area contributed by atoms with Crippen LogP contribution in [0.4, 0.5) is 5.69 Å². The number of aromatic nitrogens is 3. The van der Waals surface area contributed by atoms with Gasteiger partial charge in [0.1, 0.15) is 0 Å². The van der Waals surface area contributed by atoms with Crippen LogP contribution in [0.2, 0.25) is 0 Å². The smallest absolute Gasteiger partial charge is 0.274 e. The van der Waals surface area contributed by atoms with Crippen molar-refractivity contribution >= 4 is 22.4 Å². The number of hydrogen-bond acceptors (Lipinski definition) is 4. The van der Waals surface area contributed by atoms with Gasteiger partial charge in [0.2, 0.25) is 5.91 Å². The predicted octanol–water partition coefficient (Wildman–Crippen LogP) is 2.32. The fraction of sp³-hybridized carbons (Fsp3) is 0.130. The van der Waals surface area contributed by atoms with E-state index in [0.717, 1.165) is 5.56 Å². The molecule has 2 aromatic carbocycles. The molecule has 0 aliphatic carbocycles. The van der Waals surface area contributed by atoms with Crippen LogP contribution in [0.1, 0.15) is 11.3 Å². The number of fused-ring (bicyclic) bond motifs is 1. The summed E-state index contributed by atoms with van der Waals surface area (Å²) in [4.78, 5) is 36.6. The van der Waals surface area contributed by atoms with Crippen molar-refractivity contribution in [1.29, 1.82) is 0 Å². The minimum atomic E-state index is -0.224. The maximum absolute atomic E-state index is 12.6. The molecular formula is C23H20N4O3. The Bertz CT molecular complexity index is 1340. The Hall–Kier alpha value is -4.00. The highest BCUT2D eigenvalue weighted by atomic mass is 16.2. The summed E-state index contributed by atoms with van der Waals surface area (Å²) >= 11 is 0. The van der Waals surface area contributed by atoms with E-state index >= 15 is 0 Å². The van der Waals surface area contributed by atoms with E-state index in [1.807, 2.05) is 24.3 Å². The fourth-order valence-electron chi connectivity index (χ4n) is 3.35. The van der Waals surface area contributed by atoms with E-state index < -0.39 is 0 Å². The Morgan fingerprint density at radius 1 is 0.933 bits per heavy atom. The van der Waals surface area contributed by atoms with Gasteiger partial charge in [0.05, 0.1) is 24.0 Å². The molecule has 7 nitrogen and oxygen atoms in total. The molecule has 0 fully saturated rings. The van der Waals surface area contributed by atoms with E-state index in [1.54, 1.807) is 54.2 Å². The van der Waals surface area contributed by atoms with Crippen LogP contribution < -0.4 is 16.4 Å². The fourth-order valence-corrected chi connectivity index (χ4v) is 3.35. The number of benzene rings is 2. The third kappa shape index (κ3) is 4.05. The molecule has 4 aromatic rings. The molecule has 4 rings (SSSR count). The van der Waals surface area contributed by atoms with Crippen LogP contribution in [0.5, 0.6) is 0 Å². The van der Waals surface area contributed by atoms with Gasteiger partial charge < -0.3 is 9.88 Å². The summed E-state index contributed by atoms with van der Waals surface area (Å²) in [6, 6.07) is 19.5. The van der Waals surface area contributed by atoms with Crippen molar-refractivity contribution in [2.75, 3.05) is 5.32 Å². The third-order valence-corrected chi connectivity index (χ3v) is 4.85. The molecule has 0 saturated carbocycles. The van der Waals surface area contributed by atoms with Gasteiger partial charge >= 0.3 is 0 Å². The number of carbonyl (C=O) groups is 1. The lowest BCUT2D eigenvalue weighted by molar-refractivity contribution is -0.115. The number of amides is 1. The van der Waals surface area contributed by atoms with Crippen molar-refractivity contribution in [3.8, 4) is 0 Å². The normalized spacial score (nSPS) is 10.8. The van der Waals surface area contributed by atoms with Crippen LogP contribution in [0.15, 0.2) is 82.5 Å². The first-order valence-electron chi connectivity index (χ1n) is 9.50. The Kier molecular flexibility index (Phi) is 5.26. The molecule has 0 unspecified atom stereocenters. The molecule has 2 aromatic heterocycles. The average molecular weight is 400 g/mol. The van der Waals surface area contributed by atoms with Crippen molar-refractivity contribution in [3.63, 3.8) is 0 Å². The monoisotopic (exact) mass is 400 g/mol. The second-order valence-electron chi connectivity index (χ2n) is 7.01. The van der Waals surface area contributed by atoms with Crippen LogP contribution in [-0.4, -0.2) is 20.3 Å². The zero-order valence-corrected chi connectivity index (χ0v) is 16.4. The number of hydrogen-bond donors (Lipinski definition) is 1. The highest BCUT2D eigenvalue weighted by Crippen LogP contribution is 2.15. The molecular weight excluding hydrogens is 380 g/mol. The van der Waals surface area contributed by atoms with Crippen molar-refractivity contribution < 1.29 is 4.79 Å². The Labute approximate surface area is 172 Å². The summed E-state index contributed by atoms with van der Waals surface area (Å²) in [7, 11) is 1.58. The predicted molar refractivity (Wildman–Crippen MR) is 116 cm³/mol. The van der Waals surface area contributed by atoms with Crippen LogP contribution in [0.3, 0.4) is 0 Å². The van der Waals surface area contributed by atoms with E-state index in [9.17, 15) is 14.4 Å². The molecule has 1 N–H and O–H groups in total. The van der Waals surface area contributed by atoms with Gasteiger partial charge in [-0.25, -0.2) is 4.68 Å². The lowest BCUT2D eigenvalue weighted by Gasteiger charge is -2.10. The maximum Gasteiger partial charge on any atom is 0.274 e. The summed E-state index contributed by atoms with van der Waals surface area (Å²) in [5, 5.41) is 8.34. The number of rotatable bonds is 5. The van der Waals surface area contributed by atoms with Gasteiger partial charge in [0.15, 0.2) is 0 Å². The van der Waals surface area contributed by atoms with Gasteiger partial charge in [-0.1, -0.05) is 36.4 Å². The molecule has 0 radical (unpaired) electrons. The van der Waals surface area contributed by atoms with Crippen LogP contribution in [0, 0.1) is 0 Å². The minimum absolute atomic E-state index is 0.0514. The molecule has 0 atom stereocenters. The van der Waals surface area contributed by atoms with Crippen molar-refractivity contribution in [3.05, 3.63) is 105 Å². The number of pyridine rings is 1. The van der Waals surface area contributed by atoms with E-state index in [4.69, 9.17) is 0 Å². The van der Waals surface area contributed by atoms with Gasteiger partial charge in [-0.15, -0.1) is 0 Å². The molecule has 0 aliphatic rings. The average Bonchev–Trinajstić information content (AvgIpc) is 2.75. The summed E-state index contributed by atoms with van der Waals surface area (Å²) in [5.41, 5.74) is 1.89. The Balaban J connectivity index is 1.48. The highest BCUT2D eigenvalue weighted by molar-refractivity contribution is 5.95. The van der Waals surface area contributed by atoms with Crippen LogP contribution in [-0.2, 0) is 24.8 Å². The zero-order valence-electron chi connectivity index (χ0n) is 16.4. The number of nitrogens with zero attached hydrogens (tertiary/aromatic N) is 3. The molecule has 0 aliphatic heterocycles. The number of nitrogens with one attached hydrogen (secondary N) is 1. The van der Waals surface area contributed by atoms with Crippen molar-refractivity contribution in [2.45, 2.75) is 13.0 Å². The Morgan fingerprint density at radius 3 is 2.37 bits per heavy atom. The first-order chi connectivity index (χ1) is 14.5. The summed E-state index contributed by atoms with van der Waals surface area (Å²) in [5.74, 6) is -0.224. The van der Waals surface area contributed by atoms with Gasteiger partial charge in [-0.2, -0.15) is 5.10 Å². The second kappa shape index (κ2) is 8.16. The van der Waals surface area contributed by atoms with Gasteiger partial charge in [0, 0.05) is 30.4 Å².